The lowest BCUT2D eigenvalue weighted by Crippen LogP contribution is -2.60. The number of likely N-dealkylation sites (tertiary alicyclic amines) is 1. The number of benzene rings is 1. The quantitative estimate of drug-likeness (QED) is 0.384. The molecule has 4 N–H and O–H groups in total. The van der Waals surface area contributed by atoms with Crippen molar-refractivity contribution in [3.8, 4) is 0 Å². The number of hydrogen-bond donors (Lipinski definition) is 4. The number of fused-ring (bicyclic) bond motifs is 1. The highest BCUT2D eigenvalue weighted by Gasteiger charge is 2.42. The number of carbonyl (C=O) groups excluding carboxylic acids is 2. The van der Waals surface area contributed by atoms with Crippen LogP contribution in [-0.2, 0) is 16.0 Å². The van der Waals surface area contributed by atoms with Crippen molar-refractivity contribution in [1.82, 2.24) is 15.5 Å². The number of hydrogen-bond acceptors (Lipinski definition) is 5. The van der Waals surface area contributed by atoms with Crippen LogP contribution in [0.1, 0.15) is 72.3 Å². The molecule has 0 spiro atoms. The van der Waals surface area contributed by atoms with Crippen molar-refractivity contribution in [2.45, 2.75) is 96.9 Å². The van der Waals surface area contributed by atoms with E-state index < -0.39 is 12.1 Å². The Morgan fingerprint density at radius 2 is 1.73 bits per heavy atom. The van der Waals surface area contributed by atoms with Crippen LogP contribution >= 0.6 is 0 Å². The Balaban J connectivity index is 1.79. The molecular formula is C30H49N3O4. The summed E-state index contributed by atoms with van der Waals surface area (Å²) in [6, 6.07) is 9.08. The normalized spacial score (nSPS) is 25.9. The zero-order valence-corrected chi connectivity index (χ0v) is 23.5. The second-order valence-electron chi connectivity index (χ2n) is 12.6. The zero-order valence-electron chi connectivity index (χ0n) is 23.5. The summed E-state index contributed by atoms with van der Waals surface area (Å²) in [5, 5.41) is 27.3. The van der Waals surface area contributed by atoms with Crippen LogP contribution in [0.2, 0.25) is 0 Å². The van der Waals surface area contributed by atoms with Gasteiger partial charge in [-0.25, -0.2) is 0 Å². The maximum absolute atomic E-state index is 13.4. The van der Waals surface area contributed by atoms with Gasteiger partial charge in [-0.3, -0.25) is 14.5 Å². The van der Waals surface area contributed by atoms with Gasteiger partial charge in [0.15, 0.2) is 0 Å². The summed E-state index contributed by atoms with van der Waals surface area (Å²) in [7, 11) is 0. The Bertz CT molecular complexity index is 871. The highest BCUT2D eigenvalue weighted by molar-refractivity contribution is 5.82. The van der Waals surface area contributed by atoms with Crippen LogP contribution in [0.15, 0.2) is 30.3 Å². The first-order chi connectivity index (χ1) is 17.5. The molecule has 0 radical (unpaired) electrons. The van der Waals surface area contributed by atoms with E-state index in [-0.39, 0.29) is 41.8 Å². The molecule has 2 amide bonds. The first-order valence-electron chi connectivity index (χ1n) is 14.2. The fraction of sp³-hybridized carbons (Fsp3) is 0.733. The molecule has 1 aliphatic carbocycles. The number of carbonyl (C=O) groups is 2. The molecule has 1 aromatic rings. The second kappa shape index (κ2) is 13.2. The van der Waals surface area contributed by atoms with Gasteiger partial charge in [-0.1, -0.05) is 63.4 Å². The van der Waals surface area contributed by atoms with Gasteiger partial charge < -0.3 is 20.8 Å². The minimum Gasteiger partial charge on any atom is -0.396 e. The summed E-state index contributed by atoms with van der Waals surface area (Å²) in [6.07, 6.45) is 5.27. The summed E-state index contributed by atoms with van der Waals surface area (Å²) in [4.78, 5) is 28.6. The summed E-state index contributed by atoms with van der Waals surface area (Å²) in [6.45, 7) is 10.7. The molecule has 1 saturated heterocycles. The van der Waals surface area contributed by atoms with E-state index in [1.54, 1.807) is 0 Å². The zero-order chi connectivity index (χ0) is 27.2. The molecule has 7 nitrogen and oxygen atoms in total. The van der Waals surface area contributed by atoms with Gasteiger partial charge in [0.2, 0.25) is 11.8 Å². The standard InChI is InChI=1S/C30H49N3O4/c1-20(19-34)21(2)28(36)31-25(15-22-11-7-6-8-12-22)27(35)18-33-17-24-14-10-9-13-23(24)16-26(33)29(37)32-30(3,4)5/h6-8,11-12,20-21,23-27,34-35H,9-10,13-19H2,1-5H3,(H,31,36)(H,32,37)/t20?,21?,23-,24+,25-,26-,27+/m0/s1. The third-order valence-electron chi connectivity index (χ3n) is 8.37. The number of amides is 2. The van der Waals surface area contributed by atoms with Crippen molar-refractivity contribution in [1.29, 1.82) is 0 Å². The molecule has 0 bridgehead atoms. The van der Waals surface area contributed by atoms with E-state index >= 15 is 0 Å². The number of nitrogens with zero attached hydrogens (tertiary/aromatic N) is 1. The van der Waals surface area contributed by atoms with Gasteiger partial charge in [0.1, 0.15) is 0 Å². The Morgan fingerprint density at radius 1 is 1.08 bits per heavy atom. The minimum atomic E-state index is -0.842. The molecule has 1 saturated carbocycles. The van der Waals surface area contributed by atoms with Crippen LogP contribution in [0.4, 0.5) is 0 Å². The molecule has 37 heavy (non-hydrogen) atoms. The first-order valence-corrected chi connectivity index (χ1v) is 14.2. The SMILES string of the molecule is CC(CO)C(C)C(=O)N[C@@H](Cc1ccccc1)[C@H](O)CN1C[C@H]2CCCC[C@H]2C[C@H]1C(=O)NC(C)(C)C. The van der Waals surface area contributed by atoms with Crippen molar-refractivity contribution in [2.75, 3.05) is 19.7 Å². The lowest BCUT2D eigenvalue weighted by molar-refractivity contribution is -0.133. The van der Waals surface area contributed by atoms with Crippen LogP contribution in [0.25, 0.3) is 0 Å². The predicted octanol–water partition coefficient (Wildman–Crippen LogP) is 3.13. The summed E-state index contributed by atoms with van der Waals surface area (Å²) in [5.41, 5.74) is 0.705. The molecule has 2 fully saturated rings. The fourth-order valence-corrected chi connectivity index (χ4v) is 5.88. The largest absolute Gasteiger partial charge is 0.396 e. The van der Waals surface area contributed by atoms with Gasteiger partial charge >= 0.3 is 0 Å². The van der Waals surface area contributed by atoms with Crippen molar-refractivity contribution in [3.63, 3.8) is 0 Å². The predicted molar refractivity (Wildman–Crippen MR) is 147 cm³/mol. The first kappa shape index (κ1) is 29.6. The average Bonchev–Trinajstić information content (AvgIpc) is 2.86. The van der Waals surface area contributed by atoms with Gasteiger partial charge in [-0.05, 0) is 63.4 Å². The molecular weight excluding hydrogens is 466 g/mol. The Kier molecular flexibility index (Phi) is 10.6. The highest BCUT2D eigenvalue weighted by Crippen LogP contribution is 2.39. The smallest absolute Gasteiger partial charge is 0.237 e. The van der Waals surface area contributed by atoms with Crippen LogP contribution < -0.4 is 10.6 Å². The third kappa shape index (κ3) is 8.52. The second-order valence-corrected chi connectivity index (χ2v) is 12.6. The lowest BCUT2D eigenvalue weighted by Gasteiger charge is -2.47. The number of piperidine rings is 1. The van der Waals surface area contributed by atoms with Gasteiger partial charge in [-0.2, -0.15) is 0 Å². The fourth-order valence-electron chi connectivity index (χ4n) is 5.88. The number of β-amino-alcohol motifs (C(OH)–C–C–N with tert-alkyl or cyclic N) is 1. The topological polar surface area (TPSA) is 102 Å². The number of aliphatic hydroxyl groups excluding tert-OH is 2. The van der Waals surface area contributed by atoms with E-state index in [4.69, 9.17) is 0 Å². The number of aliphatic hydroxyl groups is 2. The molecule has 1 aliphatic heterocycles. The van der Waals surface area contributed by atoms with Crippen molar-refractivity contribution in [3.05, 3.63) is 35.9 Å². The minimum absolute atomic E-state index is 0.0257. The van der Waals surface area contributed by atoms with Gasteiger partial charge in [0, 0.05) is 31.2 Å². The highest BCUT2D eigenvalue weighted by atomic mass is 16.3. The molecule has 7 atom stereocenters. The van der Waals surface area contributed by atoms with Crippen LogP contribution in [0, 0.1) is 23.7 Å². The Morgan fingerprint density at radius 3 is 2.35 bits per heavy atom. The van der Waals surface area contributed by atoms with E-state index in [9.17, 15) is 19.8 Å². The summed E-state index contributed by atoms with van der Waals surface area (Å²) >= 11 is 0. The van der Waals surface area contributed by atoms with E-state index in [0.29, 0.717) is 24.8 Å². The monoisotopic (exact) mass is 515 g/mol. The van der Waals surface area contributed by atoms with E-state index in [1.807, 2.05) is 65.0 Å². The van der Waals surface area contributed by atoms with Crippen molar-refractivity contribution < 1.29 is 19.8 Å². The average molecular weight is 516 g/mol. The molecule has 0 aromatic heterocycles. The Labute approximate surface area is 223 Å². The Hall–Kier alpha value is -1.96. The van der Waals surface area contributed by atoms with Gasteiger partial charge in [-0.15, -0.1) is 0 Å². The van der Waals surface area contributed by atoms with E-state index in [1.165, 1.54) is 25.7 Å². The van der Waals surface area contributed by atoms with E-state index in [2.05, 4.69) is 15.5 Å². The van der Waals surface area contributed by atoms with Crippen LogP contribution in [-0.4, -0.2) is 70.4 Å². The van der Waals surface area contributed by atoms with Crippen LogP contribution in [0.5, 0.6) is 0 Å². The van der Waals surface area contributed by atoms with Crippen molar-refractivity contribution >= 4 is 11.8 Å². The molecule has 3 rings (SSSR count). The lowest BCUT2D eigenvalue weighted by atomic mass is 9.72. The van der Waals surface area contributed by atoms with Gasteiger partial charge in [0.25, 0.3) is 0 Å². The van der Waals surface area contributed by atoms with E-state index in [0.717, 1.165) is 18.5 Å². The number of nitrogens with one attached hydrogen (secondary N) is 2. The molecule has 2 unspecified atom stereocenters. The van der Waals surface area contributed by atoms with Crippen LogP contribution in [0.3, 0.4) is 0 Å². The molecule has 2 aliphatic rings. The van der Waals surface area contributed by atoms with Gasteiger partial charge in [0.05, 0.1) is 18.2 Å². The van der Waals surface area contributed by atoms with Crippen molar-refractivity contribution in [2.24, 2.45) is 23.7 Å². The molecule has 1 heterocycles. The third-order valence-corrected chi connectivity index (χ3v) is 8.37. The maximum Gasteiger partial charge on any atom is 0.237 e. The molecule has 1 aromatic carbocycles. The molecule has 7 heteroatoms. The molecule has 208 valence electrons. The number of rotatable bonds is 10. The summed E-state index contributed by atoms with van der Waals surface area (Å²) < 4.78 is 0. The summed E-state index contributed by atoms with van der Waals surface area (Å²) in [5.74, 6) is 0.405. The maximum atomic E-state index is 13.4.